The van der Waals surface area contributed by atoms with Gasteiger partial charge >= 0.3 is 5.97 Å². The van der Waals surface area contributed by atoms with Crippen molar-refractivity contribution in [1.82, 2.24) is 10.3 Å². The molecule has 0 radical (unpaired) electrons. The number of methoxy groups -OCH3 is 1. The van der Waals surface area contributed by atoms with Gasteiger partial charge in [-0.15, -0.1) is 0 Å². The Morgan fingerprint density at radius 3 is 2.71 bits per heavy atom. The number of nitrogens with one attached hydrogen (secondary N) is 1. The summed E-state index contributed by atoms with van der Waals surface area (Å²) in [6.45, 7) is 0.463. The molecule has 0 unspecified atom stereocenters. The van der Waals surface area contributed by atoms with Crippen LogP contribution in [0.5, 0.6) is 5.75 Å². The maximum absolute atomic E-state index is 12.3. The number of carbonyl (C=O) groups is 2. The molecule has 0 aliphatic heterocycles. The SMILES string of the molecule is COc1ccccc1C1(CNC(=O)c2cc(C(=O)O)ccn2)CC1. The number of carboxylic acid groups (broad SMARTS) is 1. The Bertz CT molecular complexity index is 784. The summed E-state index contributed by atoms with van der Waals surface area (Å²) in [4.78, 5) is 27.2. The zero-order chi connectivity index (χ0) is 17.2. The fraction of sp³-hybridized carbons (Fsp3) is 0.278. The van der Waals surface area contributed by atoms with Crippen molar-refractivity contribution in [2.45, 2.75) is 18.3 Å². The third kappa shape index (κ3) is 3.08. The van der Waals surface area contributed by atoms with Crippen molar-refractivity contribution in [1.29, 1.82) is 0 Å². The molecule has 124 valence electrons. The van der Waals surface area contributed by atoms with Crippen LogP contribution in [0.3, 0.4) is 0 Å². The lowest BCUT2D eigenvalue weighted by Gasteiger charge is -2.19. The molecule has 0 spiro atoms. The first-order chi connectivity index (χ1) is 11.6. The lowest BCUT2D eigenvalue weighted by Crippen LogP contribution is -2.33. The van der Waals surface area contributed by atoms with E-state index in [4.69, 9.17) is 9.84 Å². The minimum atomic E-state index is -1.08. The first kappa shape index (κ1) is 16.0. The van der Waals surface area contributed by atoms with Crippen molar-refractivity contribution in [3.8, 4) is 5.75 Å². The molecule has 24 heavy (non-hydrogen) atoms. The first-order valence-corrected chi connectivity index (χ1v) is 7.67. The van der Waals surface area contributed by atoms with Crippen LogP contribution in [0.1, 0.15) is 39.3 Å². The van der Waals surface area contributed by atoms with Crippen molar-refractivity contribution in [2.24, 2.45) is 0 Å². The van der Waals surface area contributed by atoms with E-state index in [9.17, 15) is 9.59 Å². The highest BCUT2D eigenvalue weighted by Gasteiger charge is 2.46. The Balaban J connectivity index is 1.72. The summed E-state index contributed by atoms with van der Waals surface area (Å²) >= 11 is 0. The zero-order valence-electron chi connectivity index (χ0n) is 13.3. The number of rotatable bonds is 6. The quantitative estimate of drug-likeness (QED) is 0.850. The van der Waals surface area contributed by atoms with E-state index in [-0.39, 0.29) is 22.6 Å². The monoisotopic (exact) mass is 326 g/mol. The maximum atomic E-state index is 12.3. The molecule has 1 amide bonds. The number of carbonyl (C=O) groups excluding carboxylic acids is 1. The lowest BCUT2D eigenvalue weighted by atomic mass is 9.95. The summed E-state index contributed by atoms with van der Waals surface area (Å²) in [5, 5.41) is 11.9. The van der Waals surface area contributed by atoms with Gasteiger partial charge < -0.3 is 15.2 Å². The first-order valence-electron chi connectivity index (χ1n) is 7.67. The Kier molecular flexibility index (Phi) is 4.20. The van der Waals surface area contributed by atoms with Gasteiger partial charge in [0, 0.05) is 23.7 Å². The molecule has 3 rings (SSSR count). The number of aromatic carboxylic acids is 1. The second-order valence-corrected chi connectivity index (χ2v) is 5.90. The third-order valence-corrected chi connectivity index (χ3v) is 4.36. The number of benzene rings is 1. The number of aromatic nitrogens is 1. The standard InChI is InChI=1S/C18H18N2O4/c1-24-15-5-3-2-4-13(15)18(7-8-18)11-20-16(21)14-10-12(17(22)23)6-9-19-14/h2-6,9-10H,7-8,11H2,1H3,(H,20,21)(H,22,23). The smallest absolute Gasteiger partial charge is 0.335 e. The van der Waals surface area contributed by atoms with E-state index >= 15 is 0 Å². The summed E-state index contributed by atoms with van der Waals surface area (Å²) in [7, 11) is 1.63. The number of pyridine rings is 1. The largest absolute Gasteiger partial charge is 0.496 e. The molecule has 2 N–H and O–H groups in total. The lowest BCUT2D eigenvalue weighted by molar-refractivity contribution is 0.0696. The molecule has 1 heterocycles. The van der Waals surface area contributed by atoms with Crippen molar-refractivity contribution in [3.63, 3.8) is 0 Å². The van der Waals surface area contributed by atoms with Crippen LogP contribution in [0, 0.1) is 0 Å². The van der Waals surface area contributed by atoms with Crippen molar-refractivity contribution < 1.29 is 19.4 Å². The van der Waals surface area contributed by atoms with Gasteiger partial charge in [0.1, 0.15) is 11.4 Å². The number of amides is 1. The van der Waals surface area contributed by atoms with Gasteiger partial charge in [0.2, 0.25) is 0 Å². The molecular formula is C18H18N2O4. The number of para-hydroxylation sites is 1. The van der Waals surface area contributed by atoms with Gasteiger partial charge in [-0.25, -0.2) is 4.79 Å². The minimum Gasteiger partial charge on any atom is -0.496 e. The van der Waals surface area contributed by atoms with E-state index in [1.54, 1.807) is 7.11 Å². The van der Waals surface area contributed by atoms with Crippen LogP contribution in [0.15, 0.2) is 42.6 Å². The van der Waals surface area contributed by atoms with Gasteiger partial charge in [-0.3, -0.25) is 9.78 Å². The zero-order valence-corrected chi connectivity index (χ0v) is 13.3. The molecule has 0 saturated heterocycles. The van der Waals surface area contributed by atoms with Crippen LogP contribution in [0.25, 0.3) is 0 Å². The molecule has 0 atom stereocenters. The molecule has 6 nitrogen and oxygen atoms in total. The number of nitrogens with zero attached hydrogens (tertiary/aromatic N) is 1. The van der Waals surface area contributed by atoms with Gasteiger partial charge in [-0.05, 0) is 31.0 Å². The molecule has 1 aromatic heterocycles. The molecule has 1 fully saturated rings. The van der Waals surface area contributed by atoms with Gasteiger partial charge in [0.15, 0.2) is 0 Å². The molecule has 1 aliphatic carbocycles. The molecule has 1 saturated carbocycles. The van der Waals surface area contributed by atoms with Crippen molar-refractivity contribution in [2.75, 3.05) is 13.7 Å². The predicted molar refractivity (Wildman–Crippen MR) is 87.4 cm³/mol. The van der Waals surface area contributed by atoms with E-state index in [2.05, 4.69) is 10.3 Å². The molecule has 6 heteroatoms. The van der Waals surface area contributed by atoms with Crippen LogP contribution in [-0.4, -0.2) is 35.6 Å². The summed E-state index contributed by atoms with van der Waals surface area (Å²) in [6.07, 6.45) is 3.26. The fourth-order valence-corrected chi connectivity index (χ4v) is 2.80. The fourth-order valence-electron chi connectivity index (χ4n) is 2.80. The number of ether oxygens (including phenoxy) is 1. The van der Waals surface area contributed by atoms with Crippen LogP contribution in [0.4, 0.5) is 0 Å². The normalized spacial score (nSPS) is 14.7. The summed E-state index contributed by atoms with van der Waals surface area (Å²) in [6, 6.07) is 10.4. The minimum absolute atomic E-state index is 0.0426. The van der Waals surface area contributed by atoms with Crippen LogP contribution in [0.2, 0.25) is 0 Å². The average molecular weight is 326 g/mol. The van der Waals surface area contributed by atoms with Gasteiger partial charge in [0.25, 0.3) is 5.91 Å². The highest BCUT2D eigenvalue weighted by molar-refractivity contribution is 5.95. The molecule has 1 aliphatic rings. The molecule has 0 bridgehead atoms. The summed E-state index contributed by atoms with van der Waals surface area (Å²) in [5.74, 6) is -0.645. The van der Waals surface area contributed by atoms with Gasteiger partial charge in [-0.1, -0.05) is 18.2 Å². The molecule has 2 aromatic rings. The molecule has 1 aromatic carbocycles. The van der Waals surface area contributed by atoms with E-state index < -0.39 is 5.97 Å². The second-order valence-electron chi connectivity index (χ2n) is 5.90. The highest BCUT2D eigenvalue weighted by atomic mass is 16.5. The average Bonchev–Trinajstić information content (AvgIpc) is 3.40. The Morgan fingerprint density at radius 2 is 2.04 bits per heavy atom. The number of hydrogen-bond donors (Lipinski definition) is 2. The number of carboxylic acids is 1. The highest BCUT2D eigenvalue weighted by Crippen LogP contribution is 2.50. The van der Waals surface area contributed by atoms with E-state index in [0.717, 1.165) is 24.2 Å². The van der Waals surface area contributed by atoms with E-state index in [1.807, 2.05) is 24.3 Å². The second kappa shape index (κ2) is 6.31. The van der Waals surface area contributed by atoms with Crippen LogP contribution < -0.4 is 10.1 Å². The third-order valence-electron chi connectivity index (χ3n) is 4.36. The van der Waals surface area contributed by atoms with Crippen LogP contribution in [-0.2, 0) is 5.41 Å². The van der Waals surface area contributed by atoms with Gasteiger partial charge in [0.05, 0.1) is 12.7 Å². The van der Waals surface area contributed by atoms with E-state index in [0.29, 0.717) is 6.54 Å². The van der Waals surface area contributed by atoms with Crippen molar-refractivity contribution >= 4 is 11.9 Å². The molecular weight excluding hydrogens is 308 g/mol. The predicted octanol–water partition coefficient (Wildman–Crippen LogP) is 2.25. The van der Waals surface area contributed by atoms with E-state index in [1.165, 1.54) is 18.3 Å². The van der Waals surface area contributed by atoms with Crippen LogP contribution >= 0.6 is 0 Å². The summed E-state index contributed by atoms with van der Waals surface area (Å²) in [5.41, 5.74) is 1.11. The maximum Gasteiger partial charge on any atom is 0.335 e. The Labute approximate surface area is 139 Å². The summed E-state index contributed by atoms with van der Waals surface area (Å²) < 4.78 is 5.41. The topological polar surface area (TPSA) is 88.5 Å². The Hall–Kier alpha value is -2.89. The number of hydrogen-bond acceptors (Lipinski definition) is 4. The Morgan fingerprint density at radius 1 is 1.29 bits per heavy atom. The van der Waals surface area contributed by atoms with Gasteiger partial charge in [-0.2, -0.15) is 0 Å². The van der Waals surface area contributed by atoms with Crippen molar-refractivity contribution in [3.05, 3.63) is 59.4 Å².